The first-order valence-corrected chi connectivity index (χ1v) is 5.09. The van der Waals surface area contributed by atoms with Gasteiger partial charge < -0.3 is 4.74 Å². The van der Waals surface area contributed by atoms with E-state index in [1.807, 2.05) is 0 Å². The summed E-state index contributed by atoms with van der Waals surface area (Å²) in [5.74, 6) is -0.544. The van der Waals surface area contributed by atoms with Gasteiger partial charge in [-0.25, -0.2) is 9.49 Å². The molecular weight excluding hydrogens is 247 g/mol. The molecule has 0 unspecified atom stereocenters. The summed E-state index contributed by atoms with van der Waals surface area (Å²) in [4.78, 5) is 11.5. The van der Waals surface area contributed by atoms with E-state index < -0.39 is 11.4 Å². The third-order valence-electron chi connectivity index (χ3n) is 2.25. The molecule has 1 aromatic carbocycles. The summed E-state index contributed by atoms with van der Waals surface area (Å²) in [5.41, 5.74) is -0.280. The minimum atomic E-state index is -0.609. The largest absolute Gasteiger partial charge is 0.494 e. The Morgan fingerprint density at radius 1 is 1.41 bits per heavy atom. The van der Waals surface area contributed by atoms with Gasteiger partial charge in [0.25, 0.3) is 5.56 Å². The number of hydrogen-bond acceptors (Lipinski definition) is 3. The van der Waals surface area contributed by atoms with Crippen molar-refractivity contribution < 1.29 is 9.13 Å². The molecule has 17 heavy (non-hydrogen) atoms. The van der Waals surface area contributed by atoms with E-state index in [1.54, 1.807) is 6.07 Å². The first-order valence-electron chi connectivity index (χ1n) is 4.71. The molecule has 1 heterocycles. The van der Waals surface area contributed by atoms with Crippen LogP contribution < -0.4 is 10.3 Å². The van der Waals surface area contributed by atoms with Crippen LogP contribution in [0.15, 0.2) is 29.1 Å². The van der Waals surface area contributed by atoms with Crippen LogP contribution in [0.1, 0.15) is 0 Å². The van der Waals surface area contributed by atoms with Crippen molar-refractivity contribution in [3.63, 3.8) is 0 Å². The molecule has 0 saturated heterocycles. The minimum absolute atomic E-state index is 0.0647. The number of ether oxygens (including phenoxy) is 1. The Hall–Kier alpha value is -1.88. The first-order chi connectivity index (χ1) is 8.13. The molecule has 1 N–H and O–H groups in total. The highest BCUT2D eigenvalue weighted by Crippen LogP contribution is 2.27. The summed E-state index contributed by atoms with van der Waals surface area (Å²) in [6.45, 7) is 0. The molecule has 6 heteroatoms. The van der Waals surface area contributed by atoms with Gasteiger partial charge in [0.15, 0.2) is 11.6 Å². The molecule has 0 fully saturated rings. The van der Waals surface area contributed by atoms with Crippen LogP contribution in [0.25, 0.3) is 11.1 Å². The molecule has 0 aliphatic rings. The van der Waals surface area contributed by atoms with Crippen molar-refractivity contribution in [3.8, 4) is 16.9 Å². The van der Waals surface area contributed by atoms with E-state index in [4.69, 9.17) is 16.3 Å². The van der Waals surface area contributed by atoms with Crippen LogP contribution in [0.5, 0.6) is 5.75 Å². The zero-order valence-electron chi connectivity index (χ0n) is 8.83. The van der Waals surface area contributed by atoms with Crippen LogP contribution >= 0.6 is 11.6 Å². The van der Waals surface area contributed by atoms with Gasteiger partial charge in [0.1, 0.15) is 5.15 Å². The summed E-state index contributed by atoms with van der Waals surface area (Å²) < 4.78 is 18.8. The Balaban J connectivity index is 2.68. The number of aromatic amines is 1. The van der Waals surface area contributed by atoms with Gasteiger partial charge in [0, 0.05) is 5.56 Å². The number of rotatable bonds is 2. The summed E-state index contributed by atoms with van der Waals surface area (Å²) >= 11 is 5.66. The van der Waals surface area contributed by atoms with E-state index in [9.17, 15) is 9.18 Å². The number of methoxy groups -OCH3 is 1. The number of hydrogen-bond donors (Lipinski definition) is 1. The number of nitrogens with zero attached hydrogens (tertiary/aromatic N) is 1. The smallest absolute Gasteiger partial charge is 0.272 e. The highest BCUT2D eigenvalue weighted by atomic mass is 35.5. The molecule has 88 valence electrons. The molecule has 1 aromatic heterocycles. The van der Waals surface area contributed by atoms with E-state index in [-0.39, 0.29) is 22.0 Å². The number of nitrogens with one attached hydrogen (secondary N) is 1. The van der Waals surface area contributed by atoms with E-state index in [0.717, 1.165) is 0 Å². The van der Waals surface area contributed by atoms with Gasteiger partial charge >= 0.3 is 0 Å². The van der Waals surface area contributed by atoms with E-state index >= 15 is 0 Å². The van der Waals surface area contributed by atoms with E-state index in [1.165, 1.54) is 25.3 Å². The SMILES string of the molecule is COc1cccc(-c2cc(Cl)n[nH]c2=O)c1F. The standard InChI is InChI=1S/C11H8ClFN2O2/c1-17-8-4-2-3-6(10(8)13)7-5-9(12)14-15-11(7)16/h2-5H,1H3,(H,15,16). The van der Waals surface area contributed by atoms with Crippen molar-refractivity contribution in [2.45, 2.75) is 0 Å². The molecule has 0 atom stereocenters. The highest BCUT2D eigenvalue weighted by Gasteiger charge is 2.13. The predicted molar refractivity (Wildman–Crippen MR) is 61.8 cm³/mol. The topological polar surface area (TPSA) is 55.0 Å². The Morgan fingerprint density at radius 2 is 2.18 bits per heavy atom. The van der Waals surface area contributed by atoms with Crippen LogP contribution in [0.2, 0.25) is 5.15 Å². The lowest BCUT2D eigenvalue weighted by Crippen LogP contribution is -2.11. The van der Waals surface area contributed by atoms with Crippen LogP contribution in [-0.2, 0) is 0 Å². The zero-order chi connectivity index (χ0) is 12.4. The van der Waals surface area contributed by atoms with Crippen molar-refractivity contribution in [2.24, 2.45) is 0 Å². The van der Waals surface area contributed by atoms with Gasteiger partial charge in [-0.05, 0) is 12.1 Å². The lowest BCUT2D eigenvalue weighted by Gasteiger charge is -2.06. The first kappa shape index (κ1) is 11.6. The van der Waals surface area contributed by atoms with E-state index in [0.29, 0.717) is 0 Å². The molecule has 0 bridgehead atoms. The Labute approximate surface area is 101 Å². The molecule has 4 nitrogen and oxygen atoms in total. The fourth-order valence-corrected chi connectivity index (χ4v) is 1.61. The lowest BCUT2D eigenvalue weighted by molar-refractivity contribution is 0.387. The average molecular weight is 255 g/mol. The number of aromatic nitrogens is 2. The van der Waals surface area contributed by atoms with Crippen molar-refractivity contribution >= 4 is 11.6 Å². The molecule has 0 amide bonds. The quantitative estimate of drug-likeness (QED) is 0.894. The minimum Gasteiger partial charge on any atom is -0.494 e. The highest BCUT2D eigenvalue weighted by molar-refractivity contribution is 6.29. The van der Waals surface area contributed by atoms with Gasteiger partial charge in [-0.3, -0.25) is 4.79 Å². The van der Waals surface area contributed by atoms with Crippen molar-refractivity contribution in [1.82, 2.24) is 10.2 Å². The van der Waals surface area contributed by atoms with Gasteiger partial charge in [-0.1, -0.05) is 23.7 Å². The number of benzene rings is 1. The monoisotopic (exact) mass is 254 g/mol. The lowest BCUT2D eigenvalue weighted by atomic mass is 10.1. The second kappa shape index (κ2) is 4.55. The fourth-order valence-electron chi connectivity index (χ4n) is 1.46. The second-order valence-electron chi connectivity index (χ2n) is 3.26. The summed E-state index contributed by atoms with van der Waals surface area (Å²) in [5, 5.41) is 5.78. The van der Waals surface area contributed by atoms with Crippen LogP contribution in [0.4, 0.5) is 4.39 Å². The van der Waals surface area contributed by atoms with Crippen LogP contribution in [0.3, 0.4) is 0 Å². The molecule has 0 radical (unpaired) electrons. The summed E-state index contributed by atoms with van der Waals surface area (Å²) in [6, 6.07) is 5.83. The van der Waals surface area contributed by atoms with Crippen molar-refractivity contribution in [1.29, 1.82) is 0 Å². The third-order valence-corrected chi connectivity index (χ3v) is 2.44. The maximum absolute atomic E-state index is 13.9. The maximum Gasteiger partial charge on any atom is 0.272 e. The van der Waals surface area contributed by atoms with E-state index in [2.05, 4.69) is 10.2 Å². The predicted octanol–water partition coefficient (Wildman–Crippen LogP) is 2.24. The third kappa shape index (κ3) is 2.14. The second-order valence-corrected chi connectivity index (χ2v) is 3.64. The Kier molecular flexibility index (Phi) is 3.10. The molecule has 0 spiro atoms. The van der Waals surface area contributed by atoms with Gasteiger partial charge in [-0.2, -0.15) is 5.10 Å². The molecule has 2 rings (SSSR count). The van der Waals surface area contributed by atoms with Gasteiger partial charge in [-0.15, -0.1) is 0 Å². The normalized spacial score (nSPS) is 10.3. The van der Waals surface area contributed by atoms with Crippen LogP contribution in [0, 0.1) is 5.82 Å². The molecule has 2 aromatic rings. The Bertz CT molecular complexity index is 613. The zero-order valence-corrected chi connectivity index (χ0v) is 9.58. The number of H-pyrrole nitrogens is 1. The fraction of sp³-hybridized carbons (Fsp3) is 0.0909. The summed E-state index contributed by atoms with van der Waals surface area (Å²) in [7, 11) is 1.35. The number of halogens is 2. The van der Waals surface area contributed by atoms with Crippen molar-refractivity contribution in [2.75, 3.05) is 7.11 Å². The molecule has 0 aliphatic carbocycles. The molecule has 0 saturated carbocycles. The molecule has 0 aliphatic heterocycles. The summed E-state index contributed by atoms with van der Waals surface area (Å²) in [6.07, 6.45) is 0. The van der Waals surface area contributed by atoms with Gasteiger partial charge in [0.2, 0.25) is 0 Å². The van der Waals surface area contributed by atoms with Crippen LogP contribution in [-0.4, -0.2) is 17.3 Å². The van der Waals surface area contributed by atoms with Crippen molar-refractivity contribution in [3.05, 3.63) is 45.6 Å². The molecular formula is C11H8ClFN2O2. The maximum atomic E-state index is 13.9. The average Bonchev–Trinajstić information content (AvgIpc) is 2.33. The van der Waals surface area contributed by atoms with Gasteiger partial charge in [0.05, 0.1) is 12.7 Å². The Morgan fingerprint density at radius 3 is 2.88 bits per heavy atom.